The highest BCUT2D eigenvalue weighted by atomic mass is 32.2. The van der Waals surface area contributed by atoms with Crippen LogP contribution in [0.15, 0.2) is 41.3 Å². The van der Waals surface area contributed by atoms with Gasteiger partial charge >= 0.3 is 0 Å². The van der Waals surface area contributed by atoms with Crippen LogP contribution in [0.1, 0.15) is 53.6 Å². The number of carbonyl (C=O) groups excluding carboxylic acids is 1. The Hall–Kier alpha value is -1.99. The van der Waals surface area contributed by atoms with Crippen molar-refractivity contribution in [2.45, 2.75) is 56.1 Å². The van der Waals surface area contributed by atoms with Gasteiger partial charge in [-0.05, 0) is 68.1 Å². The summed E-state index contributed by atoms with van der Waals surface area (Å²) in [5, 5.41) is 3.63. The van der Waals surface area contributed by atoms with Gasteiger partial charge in [-0.15, -0.1) is 11.8 Å². The largest absolute Gasteiger partial charge is 0.322 e. The van der Waals surface area contributed by atoms with Crippen LogP contribution in [0.25, 0.3) is 0 Å². The van der Waals surface area contributed by atoms with E-state index in [0.29, 0.717) is 16.5 Å². The number of hydrogen-bond acceptors (Lipinski definition) is 4. The maximum atomic E-state index is 12.7. The van der Waals surface area contributed by atoms with Gasteiger partial charge in [-0.25, -0.2) is 8.42 Å². The highest BCUT2D eigenvalue weighted by Crippen LogP contribution is 2.35. The third kappa shape index (κ3) is 6.24. The number of amides is 1. The second-order valence-electron chi connectivity index (χ2n) is 7.71. The average molecular weight is 433 g/mol. The number of nitrogens with one attached hydrogen (secondary N) is 2. The van der Waals surface area contributed by atoms with Crippen LogP contribution in [0.3, 0.4) is 0 Å². The molecule has 0 aliphatic heterocycles. The van der Waals surface area contributed by atoms with E-state index in [1.54, 1.807) is 25.1 Å². The van der Waals surface area contributed by atoms with Crippen molar-refractivity contribution in [2.75, 3.05) is 16.3 Å². The standard InChI is InChI=1S/C22H28N2O3S2/c1-15-9-10-17(14-21(15)24-29(3,26)27)22(25)23-20-12-11-19(13-16(20)2)28-18-7-5-4-6-8-18/h9-14,18,24H,4-8H2,1-3H3,(H,23,25). The molecule has 0 unspecified atom stereocenters. The zero-order valence-electron chi connectivity index (χ0n) is 17.1. The number of hydrogen-bond donors (Lipinski definition) is 2. The molecule has 0 spiro atoms. The Kier molecular flexibility index (Phi) is 6.90. The predicted octanol–water partition coefficient (Wildman–Crippen LogP) is 5.35. The lowest BCUT2D eigenvalue weighted by molar-refractivity contribution is 0.102. The first kappa shape index (κ1) is 21.7. The van der Waals surface area contributed by atoms with Crippen molar-refractivity contribution in [1.29, 1.82) is 0 Å². The Morgan fingerprint density at radius 1 is 0.966 bits per heavy atom. The molecule has 1 aliphatic carbocycles. The number of carbonyl (C=O) groups is 1. The van der Waals surface area contributed by atoms with E-state index in [0.717, 1.165) is 23.1 Å². The lowest BCUT2D eigenvalue weighted by Crippen LogP contribution is -2.15. The number of rotatable bonds is 6. The first-order chi connectivity index (χ1) is 13.7. The molecule has 2 aromatic rings. The van der Waals surface area contributed by atoms with E-state index < -0.39 is 10.0 Å². The first-order valence-electron chi connectivity index (χ1n) is 9.88. The molecule has 3 rings (SSSR count). The summed E-state index contributed by atoms with van der Waals surface area (Å²) in [5.74, 6) is -0.266. The van der Waals surface area contributed by atoms with Crippen molar-refractivity contribution in [2.24, 2.45) is 0 Å². The van der Waals surface area contributed by atoms with E-state index in [1.807, 2.05) is 24.8 Å². The predicted molar refractivity (Wildman–Crippen MR) is 122 cm³/mol. The molecule has 2 aromatic carbocycles. The van der Waals surface area contributed by atoms with Crippen LogP contribution < -0.4 is 10.0 Å². The summed E-state index contributed by atoms with van der Waals surface area (Å²) in [6.07, 6.45) is 7.63. The second-order valence-corrected chi connectivity index (χ2v) is 10.8. The highest BCUT2D eigenvalue weighted by Gasteiger charge is 2.16. The smallest absolute Gasteiger partial charge is 0.255 e. The van der Waals surface area contributed by atoms with Crippen molar-refractivity contribution < 1.29 is 13.2 Å². The fourth-order valence-electron chi connectivity index (χ4n) is 3.49. The molecule has 1 aliphatic rings. The monoisotopic (exact) mass is 432 g/mol. The topological polar surface area (TPSA) is 75.3 Å². The van der Waals surface area contributed by atoms with Gasteiger partial charge in [0.25, 0.3) is 5.91 Å². The van der Waals surface area contributed by atoms with Gasteiger partial charge in [-0.2, -0.15) is 0 Å². The van der Waals surface area contributed by atoms with Gasteiger partial charge in [0.05, 0.1) is 11.9 Å². The first-order valence-corrected chi connectivity index (χ1v) is 12.7. The molecule has 0 aromatic heterocycles. The van der Waals surface area contributed by atoms with E-state index in [1.165, 1.54) is 37.0 Å². The van der Waals surface area contributed by atoms with Gasteiger partial charge < -0.3 is 5.32 Å². The van der Waals surface area contributed by atoms with Crippen molar-refractivity contribution >= 4 is 39.1 Å². The molecule has 0 radical (unpaired) electrons. The molecule has 2 N–H and O–H groups in total. The quantitative estimate of drug-likeness (QED) is 0.645. The third-order valence-electron chi connectivity index (χ3n) is 5.10. The minimum absolute atomic E-state index is 0.266. The lowest BCUT2D eigenvalue weighted by Gasteiger charge is -2.21. The molecule has 156 valence electrons. The molecule has 0 bridgehead atoms. The summed E-state index contributed by atoms with van der Waals surface area (Å²) in [5.41, 5.74) is 3.35. The summed E-state index contributed by atoms with van der Waals surface area (Å²) in [6.45, 7) is 3.79. The molecule has 0 saturated heterocycles. The summed E-state index contributed by atoms with van der Waals surface area (Å²) >= 11 is 1.93. The minimum atomic E-state index is -3.41. The fourth-order valence-corrected chi connectivity index (χ4v) is 5.46. The Morgan fingerprint density at radius 3 is 2.34 bits per heavy atom. The van der Waals surface area contributed by atoms with E-state index in [4.69, 9.17) is 0 Å². The van der Waals surface area contributed by atoms with Gasteiger partial charge in [0.15, 0.2) is 0 Å². The Bertz CT molecular complexity index is 997. The maximum Gasteiger partial charge on any atom is 0.255 e. The Morgan fingerprint density at radius 2 is 1.69 bits per heavy atom. The van der Waals surface area contributed by atoms with Crippen LogP contribution in [0.5, 0.6) is 0 Å². The molecular weight excluding hydrogens is 404 g/mol. The number of thioether (sulfide) groups is 1. The summed E-state index contributed by atoms with van der Waals surface area (Å²) in [6, 6.07) is 11.1. The molecule has 1 fully saturated rings. The molecular formula is C22H28N2O3S2. The molecule has 1 amide bonds. The molecule has 0 atom stereocenters. The zero-order valence-corrected chi connectivity index (χ0v) is 18.8. The van der Waals surface area contributed by atoms with Crippen LogP contribution in [-0.2, 0) is 10.0 Å². The van der Waals surface area contributed by atoms with Crippen molar-refractivity contribution in [3.05, 3.63) is 53.1 Å². The number of benzene rings is 2. The van der Waals surface area contributed by atoms with Gasteiger partial charge in [-0.1, -0.05) is 25.3 Å². The number of anilines is 2. The van der Waals surface area contributed by atoms with Crippen molar-refractivity contribution in [3.63, 3.8) is 0 Å². The van der Waals surface area contributed by atoms with Crippen LogP contribution in [-0.4, -0.2) is 25.8 Å². The average Bonchev–Trinajstić information content (AvgIpc) is 2.65. The van der Waals surface area contributed by atoms with Crippen LogP contribution >= 0.6 is 11.8 Å². The van der Waals surface area contributed by atoms with Crippen LogP contribution in [0, 0.1) is 13.8 Å². The van der Waals surface area contributed by atoms with Crippen molar-refractivity contribution in [3.8, 4) is 0 Å². The molecule has 0 heterocycles. The van der Waals surface area contributed by atoms with Crippen LogP contribution in [0.4, 0.5) is 11.4 Å². The number of aryl methyl sites for hydroxylation is 2. The van der Waals surface area contributed by atoms with Gasteiger partial charge in [0, 0.05) is 21.4 Å². The SMILES string of the molecule is Cc1cc(SC2CCCCC2)ccc1NC(=O)c1ccc(C)c(NS(C)(=O)=O)c1. The number of sulfonamides is 1. The summed E-state index contributed by atoms with van der Waals surface area (Å²) in [4.78, 5) is 13.9. The lowest BCUT2D eigenvalue weighted by atomic mass is 10.0. The molecule has 29 heavy (non-hydrogen) atoms. The Labute approximate surface area is 177 Å². The minimum Gasteiger partial charge on any atom is -0.322 e. The van der Waals surface area contributed by atoms with Crippen molar-refractivity contribution in [1.82, 2.24) is 0 Å². The third-order valence-corrected chi connectivity index (χ3v) is 7.02. The van der Waals surface area contributed by atoms with E-state index in [2.05, 4.69) is 22.2 Å². The molecule has 1 saturated carbocycles. The van der Waals surface area contributed by atoms with E-state index in [-0.39, 0.29) is 5.91 Å². The van der Waals surface area contributed by atoms with E-state index >= 15 is 0 Å². The fraction of sp³-hybridized carbons (Fsp3) is 0.409. The zero-order chi connectivity index (χ0) is 21.0. The van der Waals surface area contributed by atoms with Crippen LogP contribution in [0.2, 0.25) is 0 Å². The molecule has 5 nitrogen and oxygen atoms in total. The summed E-state index contributed by atoms with van der Waals surface area (Å²) < 4.78 is 25.5. The second kappa shape index (κ2) is 9.22. The summed E-state index contributed by atoms with van der Waals surface area (Å²) in [7, 11) is -3.41. The van der Waals surface area contributed by atoms with Gasteiger partial charge in [-0.3, -0.25) is 9.52 Å². The maximum absolute atomic E-state index is 12.7. The van der Waals surface area contributed by atoms with Gasteiger partial charge in [0.2, 0.25) is 10.0 Å². The highest BCUT2D eigenvalue weighted by molar-refractivity contribution is 8.00. The Balaban J connectivity index is 1.71. The van der Waals surface area contributed by atoms with Gasteiger partial charge in [0.1, 0.15) is 0 Å². The molecule has 7 heteroatoms. The normalized spacial score (nSPS) is 15.1. The van der Waals surface area contributed by atoms with E-state index in [9.17, 15) is 13.2 Å².